The maximum atomic E-state index is 12.7. The van der Waals surface area contributed by atoms with Crippen molar-refractivity contribution in [3.8, 4) is 0 Å². The number of hydrogen-bond acceptors (Lipinski definition) is 3. The van der Waals surface area contributed by atoms with E-state index in [0.717, 1.165) is 36.0 Å². The van der Waals surface area contributed by atoms with Crippen LogP contribution in [-0.4, -0.2) is 15.5 Å². The zero-order valence-corrected chi connectivity index (χ0v) is 16.3. The van der Waals surface area contributed by atoms with Gasteiger partial charge < -0.3 is 9.88 Å². The number of nitrogens with one attached hydrogen (secondary N) is 1. The molecule has 0 bridgehead atoms. The second-order valence-electron chi connectivity index (χ2n) is 8.29. The number of rotatable bonds is 4. The molecule has 1 saturated carbocycles. The first-order chi connectivity index (χ1) is 13.4. The lowest BCUT2D eigenvalue weighted by molar-refractivity contribution is -0.122. The Bertz CT molecular complexity index is 1080. The van der Waals surface area contributed by atoms with Crippen LogP contribution in [0.2, 0.25) is 0 Å². The van der Waals surface area contributed by atoms with E-state index in [1.807, 2.05) is 48.5 Å². The van der Waals surface area contributed by atoms with Gasteiger partial charge in [-0.15, -0.1) is 0 Å². The molecule has 1 aliphatic rings. The third kappa shape index (κ3) is 3.57. The average molecular weight is 377 g/mol. The molecule has 0 radical (unpaired) electrons. The molecule has 1 N–H and O–H groups in total. The van der Waals surface area contributed by atoms with Gasteiger partial charge in [-0.25, -0.2) is 4.98 Å². The van der Waals surface area contributed by atoms with Crippen LogP contribution in [0.1, 0.15) is 40.1 Å². The minimum absolute atomic E-state index is 0. The summed E-state index contributed by atoms with van der Waals surface area (Å²) in [6.45, 7) is 4.81. The van der Waals surface area contributed by atoms with Crippen molar-refractivity contribution in [2.24, 2.45) is 11.3 Å². The van der Waals surface area contributed by atoms with E-state index in [0.29, 0.717) is 12.1 Å². The number of aromatic nitrogens is 2. The third-order valence-corrected chi connectivity index (χ3v) is 5.87. The van der Waals surface area contributed by atoms with Gasteiger partial charge >= 0.3 is 0 Å². The SMILES string of the molecule is CC1(C)CCCC1C(=O)Nc1ccc2c(c1)ncc(=O)n2Cc1ccccc1.[HH]. The average Bonchev–Trinajstić information content (AvgIpc) is 3.04. The highest BCUT2D eigenvalue weighted by atomic mass is 16.2. The Morgan fingerprint density at radius 2 is 2.04 bits per heavy atom. The number of amides is 1. The zero-order valence-electron chi connectivity index (χ0n) is 16.3. The van der Waals surface area contributed by atoms with Gasteiger partial charge in [0.15, 0.2) is 0 Å². The van der Waals surface area contributed by atoms with Gasteiger partial charge in [0.25, 0.3) is 5.56 Å². The molecule has 1 fully saturated rings. The summed E-state index contributed by atoms with van der Waals surface area (Å²) in [6, 6.07) is 15.4. The molecule has 4 rings (SSSR count). The first kappa shape index (κ1) is 18.4. The van der Waals surface area contributed by atoms with Crippen LogP contribution in [-0.2, 0) is 11.3 Å². The van der Waals surface area contributed by atoms with Crippen LogP contribution in [0, 0.1) is 11.3 Å². The van der Waals surface area contributed by atoms with Crippen LogP contribution in [0.5, 0.6) is 0 Å². The fourth-order valence-electron chi connectivity index (χ4n) is 4.22. The van der Waals surface area contributed by atoms with Gasteiger partial charge in [0, 0.05) is 13.0 Å². The fraction of sp³-hybridized carbons (Fsp3) is 0.348. The summed E-state index contributed by atoms with van der Waals surface area (Å²) in [6.07, 6.45) is 4.45. The molecule has 5 heteroatoms. The van der Waals surface area contributed by atoms with Crippen LogP contribution >= 0.6 is 0 Å². The number of nitrogens with zero attached hydrogens (tertiary/aromatic N) is 2. The topological polar surface area (TPSA) is 64.0 Å². The van der Waals surface area contributed by atoms with E-state index < -0.39 is 0 Å². The van der Waals surface area contributed by atoms with E-state index in [4.69, 9.17) is 0 Å². The number of anilines is 1. The zero-order chi connectivity index (χ0) is 19.7. The van der Waals surface area contributed by atoms with Crippen LogP contribution < -0.4 is 10.9 Å². The first-order valence-electron chi connectivity index (χ1n) is 9.78. The van der Waals surface area contributed by atoms with Crippen molar-refractivity contribution in [1.82, 2.24) is 9.55 Å². The highest BCUT2D eigenvalue weighted by Gasteiger charge is 2.39. The van der Waals surface area contributed by atoms with Gasteiger partial charge in [-0.2, -0.15) is 0 Å². The Morgan fingerprint density at radius 1 is 1.25 bits per heavy atom. The normalized spacial score (nSPS) is 18.3. The Balaban J connectivity index is 0.00000240. The van der Waals surface area contributed by atoms with E-state index >= 15 is 0 Å². The molecular formula is C23H27N3O2. The molecule has 1 aromatic heterocycles. The minimum Gasteiger partial charge on any atom is -0.326 e. The highest BCUT2D eigenvalue weighted by molar-refractivity contribution is 5.95. The fourth-order valence-corrected chi connectivity index (χ4v) is 4.22. The second kappa shape index (κ2) is 7.23. The van der Waals surface area contributed by atoms with E-state index in [1.54, 1.807) is 4.57 Å². The van der Waals surface area contributed by atoms with Crippen LogP contribution in [0.3, 0.4) is 0 Å². The molecule has 1 amide bonds. The Kier molecular flexibility index (Phi) is 4.75. The van der Waals surface area contributed by atoms with Crippen molar-refractivity contribution in [1.29, 1.82) is 0 Å². The van der Waals surface area contributed by atoms with Crippen molar-refractivity contribution < 1.29 is 6.22 Å². The summed E-state index contributed by atoms with van der Waals surface area (Å²) < 4.78 is 1.71. The number of benzene rings is 2. The minimum atomic E-state index is -0.138. The summed E-state index contributed by atoms with van der Waals surface area (Å²) in [5.74, 6) is 0.0997. The lowest BCUT2D eigenvalue weighted by Gasteiger charge is -2.25. The summed E-state index contributed by atoms with van der Waals surface area (Å²) in [5.41, 5.74) is 3.13. The molecule has 1 atom stereocenters. The second-order valence-corrected chi connectivity index (χ2v) is 8.29. The van der Waals surface area contributed by atoms with Gasteiger partial charge in [-0.1, -0.05) is 50.6 Å². The van der Waals surface area contributed by atoms with E-state index in [-0.39, 0.29) is 24.2 Å². The Hall–Kier alpha value is -2.95. The lowest BCUT2D eigenvalue weighted by Crippen LogP contribution is -2.30. The predicted octanol–water partition coefficient (Wildman–Crippen LogP) is 4.46. The van der Waals surface area contributed by atoms with Crippen molar-refractivity contribution in [3.05, 3.63) is 70.6 Å². The molecular weight excluding hydrogens is 350 g/mol. The first-order valence-corrected chi connectivity index (χ1v) is 9.78. The maximum absolute atomic E-state index is 12.7. The standard InChI is InChI=1S/C23H25N3O2.H2/c1-23(2)12-6-9-18(23)22(28)25-17-10-11-20-19(13-17)24-14-21(27)26(20)15-16-7-4-3-5-8-16;/h3-5,7-8,10-11,13-14,18H,6,9,12,15H2,1-2H3,(H,25,28);1H. The van der Waals surface area contributed by atoms with Gasteiger partial charge in [0.1, 0.15) is 0 Å². The predicted molar refractivity (Wildman–Crippen MR) is 113 cm³/mol. The van der Waals surface area contributed by atoms with Crippen LogP contribution in [0.4, 0.5) is 5.69 Å². The molecule has 5 nitrogen and oxygen atoms in total. The van der Waals surface area contributed by atoms with Crippen molar-refractivity contribution in [3.63, 3.8) is 0 Å². The Morgan fingerprint density at radius 3 is 2.75 bits per heavy atom. The number of hydrogen-bond donors (Lipinski definition) is 1. The third-order valence-electron chi connectivity index (χ3n) is 5.87. The molecule has 3 aromatic rings. The van der Waals surface area contributed by atoms with Gasteiger partial charge in [-0.3, -0.25) is 9.59 Å². The summed E-state index contributed by atoms with van der Waals surface area (Å²) in [7, 11) is 0. The molecule has 2 aromatic carbocycles. The molecule has 1 heterocycles. The van der Waals surface area contributed by atoms with Gasteiger partial charge in [0.05, 0.1) is 23.8 Å². The molecule has 0 spiro atoms. The largest absolute Gasteiger partial charge is 0.326 e. The van der Waals surface area contributed by atoms with Crippen LogP contribution in [0.25, 0.3) is 11.0 Å². The molecule has 146 valence electrons. The van der Waals surface area contributed by atoms with Crippen molar-refractivity contribution in [2.75, 3.05) is 5.32 Å². The van der Waals surface area contributed by atoms with Gasteiger partial charge in [-0.05, 0) is 42.0 Å². The van der Waals surface area contributed by atoms with Crippen molar-refractivity contribution in [2.45, 2.75) is 39.7 Å². The molecule has 28 heavy (non-hydrogen) atoms. The monoisotopic (exact) mass is 377 g/mol. The number of carbonyl (C=O) groups is 1. The molecule has 1 unspecified atom stereocenters. The number of fused-ring (bicyclic) bond motifs is 1. The smallest absolute Gasteiger partial charge is 0.269 e. The maximum Gasteiger partial charge on any atom is 0.269 e. The summed E-state index contributed by atoms with van der Waals surface area (Å²) in [4.78, 5) is 29.4. The quantitative estimate of drug-likeness (QED) is 0.730. The van der Waals surface area contributed by atoms with Crippen LogP contribution in [0.15, 0.2) is 59.5 Å². The molecule has 0 saturated heterocycles. The highest BCUT2D eigenvalue weighted by Crippen LogP contribution is 2.43. The van der Waals surface area contributed by atoms with Crippen molar-refractivity contribution >= 4 is 22.6 Å². The number of carbonyl (C=O) groups excluding carboxylic acids is 1. The summed E-state index contributed by atoms with van der Waals surface area (Å²) in [5, 5.41) is 3.05. The molecule has 0 aliphatic heterocycles. The van der Waals surface area contributed by atoms with Gasteiger partial charge in [0.2, 0.25) is 5.91 Å². The lowest BCUT2D eigenvalue weighted by atomic mass is 9.81. The van der Waals surface area contributed by atoms with E-state index in [2.05, 4.69) is 24.1 Å². The molecule has 1 aliphatic carbocycles. The van der Waals surface area contributed by atoms with E-state index in [9.17, 15) is 9.59 Å². The van der Waals surface area contributed by atoms with E-state index in [1.165, 1.54) is 6.20 Å². The summed E-state index contributed by atoms with van der Waals surface area (Å²) >= 11 is 0. The Labute approximate surface area is 165 Å².